The molecule has 8 nitrogen and oxygen atoms in total. The highest BCUT2D eigenvalue weighted by Crippen LogP contribution is 2.60. The van der Waals surface area contributed by atoms with E-state index in [4.69, 9.17) is 19.9 Å². The van der Waals surface area contributed by atoms with Crippen LogP contribution in [0.25, 0.3) is 22.3 Å². The molecule has 86 heavy (non-hydrogen) atoms. The zero-order valence-corrected chi connectivity index (χ0v) is 56.4. The summed E-state index contributed by atoms with van der Waals surface area (Å²) in [7, 11) is 0. The fourth-order valence-corrected chi connectivity index (χ4v) is 11.2. The Labute approximate surface area is 516 Å². The van der Waals surface area contributed by atoms with Gasteiger partial charge in [-0.3, -0.25) is 39.5 Å². The SMILES string of the molecule is CC(C)(C)c1cc(N2/C(=C3/N(c4cc(C(C)(C)C)nc(C(C)(C)C)c4)c4ccc(-c5ccccc5)cc4N3c3cc(C(C)(C)C)nc(C(C)(C)C)c3)N(c3cc(C(C)(C)C)nc(C(C)(C)C)c3)c3cc(-c4ccccc4)ccc32)cc(C(C)(C)C)n1. The molecule has 0 saturated heterocycles. The lowest BCUT2D eigenvalue weighted by Crippen LogP contribution is -2.35. The minimum atomic E-state index is -0.297. The van der Waals surface area contributed by atoms with Gasteiger partial charge in [-0.2, -0.15) is 0 Å². The van der Waals surface area contributed by atoms with Crippen molar-refractivity contribution in [3.05, 3.63) is 203 Å². The van der Waals surface area contributed by atoms with Gasteiger partial charge >= 0.3 is 0 Å². The van der Waals surface area contributed by atoms with Crippen LogP contribution >= 0.6 is 0 Å². The fourth-order valence-electron chi connectivity index (χ4n) is 11.2. The van der Waals surface area contributed by atoms with E-state index in [2.05, 4.69) is 331 Å². The van der Waals surface area contributed by atoms with Gasteiger partial charge in [0.1, 0.15) is 0 Å². The molecule has 4 aromatic heterocycles. The predicted octanol–water partition coefficient (Wildman–Crippen LogP) is 21.4. The van der Waals surface area contributed by atoms with E-state index in [0.29, 0.717) is 0 Å². The molecule has 0 saturated carbocycles. The second-order valence-electron chi connectivity index (χ2n) is 32.5. The molecular weight excluding hydrogens is 1050 g/mol. The zero-order valence-electron chi connectivity index (χ0n) is 56.4. The average molecular weight is 1150 g/mol. The maximum Gasteiger partial charge on any atom is 0.166 e. The molecule has 0 radical (unpaired) electrons. The van der Waals surface area contributed by atoms with Gasteiger partial charge in [0.25, 0.3) is 0 Å². The third-order valence-electron chi connectivity index (χ3n) is 16.6. The van der Waals surface area contributed by atoms with E-state index in [9.17, 15) is 0 Å². The quantitative estimate of drug-likeness (QED) is 0.163. The third kappa shape index (κ3) is 12.0. The Morgan fingerprint density at radius 3 is 0.605 bits per heavy atom. The Hall–Kier alpha value is -7.58. The van der Waals surface area contributed by atoms with Crippen molar-refractivity contribution in [2.75, 3.05) is 19.6 Å². The number of pyridine rings is 4. The minimum absolute atomic E-state index is 0.292. The summed E-state index contributed by atoms with van der Waals surface area (Å²) in [5.74, 6) is 1.91. The van der Waals surface area contributed by atoms with Crippen molar-refractivity contribution in [3.63, 3.8) is 0 Å². The van der Waals surface area contributed by atoms with Gasteiger partial charge < -0.3 is 0 Å². The van der Waals surface area contributed by atoms with E-state index in [0.717, 1.165) is 125 Å². The summed E-state index contributed by atoms with van der Waals surface area (Å²) in [6.45, 7) is 54.9. The molecule has 4 aromatic carbocycles. The number of benzene rings is 4. The van der Waals surface area contributed by atoms with E-state index >= 15 is 0 Å². The molecule has 8 aromatic rings. The highest BCUT2D eigenvalue weighted by Gasteiger charge is 2.47. The number of anilines is 8. The summed E-state index contributed by atoms with van der Waals surface area (Å²) >= 11 is 0. The molecule has 2 aliphatic heterocycles. The number of fused-ring (bicyclic) bond motifs is 2. The summed E-state index contributed by atoms with van der Waals surface area (Å²) in [5.41, 5.74) is 18.6. The van der Waals surface area contributed by atoms with E-state index < -0.39 is 0 Å². The van der Waals surface area contributed by atoms with Crippen molar-refractivity contribution >= 4 is 45.5 Å². The first-order valence-corrected chi connectivity index (χ1v) is 31.1. The first-order chi connectivity index (χ1) is 39.7. The molecule has 0 atom stereocenters. The highest BCUT2D eigenvalue weighted by atomic mass is 15.5. The Kier molecular flexibility index (Phi) is 15.1. The third-order valence-corrected chi connectivity index (χ3v) is 16.6. The Morgan fingerprint density at radius 2 is 0.407 bits per heavy atom. The van der Waals surface area contributed by atoms with Crippen LogP contribution in [0.3, 0.4) is 0 Å². The maximum atomic E-state index is 5.57. The number of nitrogens with zero attached hydrogens (tertiary/aromatic N) is 8. The van der Waals surface area contributed by atoms with Crippen molar-refractivity contribution in [1.82, 2.24) is 19.9 Å². The van der Waals surface area contributed by atoms with Gasteiger partial charge in [-0.15, -0.1) is 0 Å². The summed E-state index contributed by atoms with van der Waals surface area (Å²) in [5, 5.41) is 0. The average Bonchev–Trinajstić information content (AvgIpc) is 1.55. The normalized spacial score (nSPS) is 15.4. The fraction of sp³-hybridized carbons (Fsp3) is 0.410. The van der Waals surface area contributed by atoms with Crippen LogP contribution in [0.15, 0.2) is 157 Å². The van der Waals surface area contributed by atoms with Crippen LogP contribution in [0.1, 0.15) is 212 Å². The topological polar surface area (TPSA) is 64.5 Å². The van der Waals surface area contributed by atoms with Crippen LogP contribution in [0.2, 0.25) is 0 Å². The highest BCUT2D eigenvalue weighted by molar-refractivity contribution is 6.02. The summed E-state index contributed by atoms with van der Waals surface area (Å²) in [4.78, 5) is 32.6. The number of rotatable bonds is 6. The van der Waals surface area contributed by atoms with Crippen LogP contribution in [-0.2, 0) is 43.3 Å². The lowest BCUT2D eigenvalue weighted by molar-refractivity contribution is 0.530. The van der Waals surface area contributed by atoms with E-state index in [1.807, 2.05) is 0 Å². The Bertz CT molecular complexity index is 3520. The van der Waals surface area contributed by atoms with Crippen LogP contribution in [0.5, 0.6) is 0 Å². The van der Waals surface area contributed by atoms with Crippen LogP contribution < -0.4 is 19.6 Å². The summed E-state index contributed by atoms with van der Waals surface area (Å²) in [6, 6.07) is 54.7. The Balaban J connectivity index is 1.52. The number of aromatic nitrogens is 4. The monoisotopic (exact) mass is 1140 g/mol. The summed E-state index contributed by atoms with van der Waals surface area (Å²) < 4.78 is 0. The second kappa shape index (κ2) is 21.1. The molecule has 0 bridgehead atoms. The van der Waals surface area contributed by atoms with Crippen LogP contribution in [0.4, 0.5) is 45.5 Å². The molecule has 10 rings (SSSR count). The molecule has 6 heterocycles. The molecule has 0 spiro atoms. The van der Waals surface area contributed by atoms with Gasteiger partial charge in [0.15, 0.2) is 11.6 Å². The van der Waals surface area contributed by atoms with Gasteiger partial charge in [-0.1, -0.05) is 239 Å². The predicted molar refractivity (Wildman–Crippen MR) is 366 cm³/mol. The van der Waals surface area contributed by atoms with Crippen LogP contribution in [-0.4, -0.2) is 19.9 Å². The number of hydrogen-bond acceptors (Lipinski definition) is 8. The molecule has 0 aliphatic carbocycles. The molecule has 8 heteroatoms. The van der Waals surface area contributed by atoms with Crippen molar-refractivity contribution in [1.29, 1.82) is 0 Å². The zero-order chi connectivity index (χ0) is 62.8. The van der Waals surface area contributed by atoms with Crippen molar-refractivity contribution in [2.24, 2.45) is 0 Å². The maximum absolute atomic E-state index is 5.57. The molecule has 0 fully saturated rings. The Morgan fingerprint density at radius 1 is 0.209 bits per heavy atom. The second-order valence-corrected chi connectivity index (χ2v) is 32.5. The lowest BCUT2D eigenvalue weighted by atomic mass is 9.87. The lowest BCUT2D eigenvalue weighted by Gasteiger charge is -2.36. The first kappa shape index (κ1) is 61.5. The van der Waals surface area contributed by atoms with Crippen LogP contribution in [0, 0.1) is 0 Å². The molecular formula is C78H96N8. The molecule has 2 aliphatic rings. The van der Waals surface area contributed by atoms with Crippen molar-refractivity contribution in [2.45, 2.75) is 209 Å². The summed E-state index contributed by atoms with van der Waals surface area (Å²) in [6.07, 6.45) is 0. The van der Waals surface area contributed by atoms with Gasteiger partial charge in [-0.25, -0.2) is 0 Å². The van der Waals surface area contributed by atoms with Gasteiger partial charge in [0.2, 0.25) is 0 Å². The minimum Gasteiger partial charge on any atom is -0.291 e. The van der Waals surface area contributed by atoms with E-state index in [-0.39, 0.29) is 43.3 Å². The molecule has 448 valence electrons. The molecule has 0 unspecified atom stereocenters. The molecule has 0 N–H and O–H groups in total. The first-order valence-electron chi connectivity index (χ1n) is 31.1. The standard InChI is InChI=1S/C78H96N8/c1-71(2,3)61-41-53(42-62(79-61)72(4,5)6)83-57-37-35-51(49-31-27-25-28-32-49)39-59(57)85(55-45-65(75(13,14)15)81-66(46-55)76(16,17)18)69(83)70-84(54-43-63(73(7,8)9)80-64(44-54)74(10,11)12)58-38-36-52(50-33-29-26-30-34-50)40-60(58)86(70)56-47-67(77(19,20)21)82-68(48-56)78(22,23)24/h25-48H,1-24H3/b70-69+. The van der Waals surface area contributed by atoms with Gasteiger partial charge in [0.05, 0.1) is 45.5 Å². The molecule has 0 amide bonds. The van der Waals surface area contributed by atoms with E-state index in [1.54, 1.807) is 0 Å². The number of hydrogen-bond donors (Lipinski definition) is 0. The largest absolute Gasteiger partial charge is 0.291 e. The van der Waals surface area contributed by atoms with Gasteiger partial charge in [-0.05, 0) is 95.1 Å². The van der Waals surface area contributed by atoms with Gasteiger partial charge in [0, 0.05) is 88.9 Å². The van der Waals surface area contributed by atoms with E-state index in [1.165, 1.54) is 0 Å². The smallest absolute Gasteiger partial charge is 0.166 e. The van der Waals surface area contributed by atoms with Crippen molar-refractivity contribution < 1.29 is 0 Å². The van der Waals surface area contributed by atoms with Crippen molar-refractivity contribution in [3.8, 4) is 22.3 Å².